The number of rotatable bonds is 2. The van der Waals surface area contributed by atoms with Gasteiger partial charge in [-0.3, -0.25) is 4.79 Å². The fourth-order valence-corrected chi connectivity index (χ4v) is 3.69. The van der Waals surface area contributed by atoms with Crippen LogP contribution in [0.5, 0.6) is 0 Å². The van der Waals surface area contributed by atoms with Gasteiger partial charge in [0.25, 0.3) is 5.91 Å². The van der Waals surface area contributed by atoms with Gasteiger partial charge in [-0.1, -0.05) is 0 Å². The first-order chi connectivity index (χ1) is 9.29. The van der Waals surface area contributed by atoms with E-state index in [1.54, 1.807) is 0 Å². The van der Waals surface area contributed by atoms with Gasteiger partial charge in [0.1, 0.15) is 17.2 Å². The van der Waals surface area contributed by atoms with E-state index < -0.39 is 0 Å². The zero-order valence-corrected chi connectivity index (χ0v) is 11.3. The largest absolute Gasteiger partial charge is 0.368 e. The Kier molecular flexibility index (Phi) is 3.51. The number of ether oxygens (including phenoxy) is 1. The Bertz CT molecular complexity index is 541. The van der Waals surface area contributed by atoms with Gasteiger partial charge >= 0.3 is 0 Å². The van der Waals surface area contributed by atoms with E-state index in [-0.39, 0.29) is 12.0 Å². The highest BCUT2D eigenvalue weighted by Gasteiger charge is 2.27. The molecule has 1 saturated heterocycles. The van der Waals surface area contributed by atoms with Crippen molar-refractivity contribution in [2.75, 3.05) is 18.5 Å². The fraction of sp³-hybridized carbons (Fsp3) is 0.538. The number of fused-ring (bicyclic) bond motifs is 1. The molecular formula is C13H15N3O2S. The van der Waals surface area contributed by atoms with Crippen molar-refractivity contribution >= 4 is 22.2 Å². The molecule has 2 aliphatic heterocycles. The zero-order valence-electron chi connectivity index (χ0n) is 10.5. The van der Waals surface area contributed by atoms with E-state index in [2.05, 4.69) is 16.7 Å². The number of amides is 1. The quantitative estimate of drug-likeness (QED) is 0.856. The Hall–Kier alpha value is -1.42. The zero-order chi connectivity index (χ0) is 13.2. The molecule has 2 N–H and O–H groups in total. The van der Waals surface area contributed by atoms with Crippen LogP contribution in [0.15, 0.2) is 0 Å². The topological polar surface area (TPSA) is 74.2 Å². The van der Waals surface area contributed by atoms with Crippen LogP contribution in [0.3, 0.4) is 0 Å². The van der Waals surface area contributed by atoms with Gasteiger partial charge in [0.15, 0.2) is 0 Å². The lowest BCUT2D eigenvalue weighted by atomic mass is 10.1. The molecule has 3 rings (SSSR count). The molecule has 5 nitrogen and oxygen atoms in total. The first-order valence-electron chi connectivity index (χ1n) is 6.47. The van der Waals surface area contributed by atoms with Crippen LogP contribution in [0, 0.1) is 11.3 Å². The van der Waals surface area contributed by atoms with Crippen molar-refractivity contribution in [2.24, 2.45) is 0 Å². The minimum atomic E-state index is -0.358. The lowest BCUT2D eigenvalue weighted by molar-refractivity contribution is -0.124. The van der Waals surface area contributed by atoms with Gasteiger partial charge in [0, 0.05) is 18.0 Å². The van der Waals surface area contributed by atoms with Crippen molar-refractivity contribution in [3.63, 3.8) is 0 Å². The van der Waals surface area contributed by atoms with Gasteiger partial charge < -0.3 is 15.4 Å². The third-order valence-corrected chi connectivity index (χ3v) is 4.65. The van der Waals surface area contributed by atoms with E-state index in [1.807, 2.05) is 0 Å². The predicted octanol–water partition coefficient (Wildman–Crippen LogP) is 1.38. The lowest BCUT2D eigenvalue weighted by Crippen LogP contribution is -2.26. The van der Waals surface area contributed by atoms with Crippen LogP contribution in [0.25, 0.3) is 0 Å². The normalized spacial score (nSPS) is 21.7. The van der Waals surface area contributed by atoms with Crippen LogP contribution in [0.2, 0.25) is 0 Å². The molecule has 0 radical (unpaired) electrons. The van der Waals surface area contributed by atoms with Gasteiger partial charge in [-0.2, -0.15) is 5.26 Å². The van der Waals surface area contributed by atoms with Crippen LogP contribution in [-0.4, -0.2) is 25.2 Å². The highest BCUT2D eigenvalue weighted by Crippen LogP contribution is 2.35. The second kappa shape index (κ2) is 5.29. The SMILES string of the molecule is N#Cc1c(NC(=O)[C@H]2CCCO2)sc2c1CCNC2. The molecule has 19 heavy (non-hydrogen) atoms. The van der Waals surface area contributed by atoms with E-state index in [9.17, 15) is 10.1 Å². The maximum atomic E-state index is 12.0. The Morgan fingerprint density at radius 1 is 1.58 bits per heavy atom. The molecule has 1 atom stereocenters. The summed E-state index contributed by atoms with van der Waals surface area (Å²) in [7, 11) is 0. The molecule has 0 unspecified atom stereocenters. The molecule has 1 amide bonds. The van der Waals surface area contributed by atoms with E-state index >= 15 is 0 Å². The number of nitrogens with one attached hydrogen (secondary N) is 2. The van der Waals surface area contributed by atoms with Crippen LogP contribution in [0.1, 0.15) is 28.8 Å². The summed E-state index contributed by atoms with van der Waals surface area (Å²) in [5.74, 6) is -0.124. The summed E-state index contributed by atoms with van der Waals surface area (Å²) in [4.78, 5) is 13.2. The summed E-state index contributed by atoms with van der Waals surface area (Å²) >= 11 is 1.50. The molecule has 0 saturated carbocycles. The molecule has 6 heteroatoms. The third-order valence-electron chi connectivity index (χ3n) is 3.50. The van der Waals surface area contributed by atoms with E-state index in [0.717, 1.165) is 42.8 Å². The van der Waals surface area contributed by atoms with E-state index in [1.165, 1.54) is 11.3 Å². The molecular weight excluding hydrogens is 262 g/mol. The molecule has 100 valence electrons. The monoisotopic (exact) mass is 277 g/mol. The smallest absolute Gasteiger partial charge is 0.254 e. The Balaban J connectivity index is 1.82. The van der Waals surface area contributed by atoms with Crippen LogP contribution in [-0.2, 0) is 22.5 Å². The fourth-order valence-electron chi connectivity index (χ4n) is 2.52. The number of nitriles is 1. The van der Waals surface area contributed by atoms with Crippen LogP contribution in [0.4, 0.5) is 5.00 Å². The molecule has 0 aromatic carbocycles. The number of hydrogen-bond donors (Lipinski definition) is 2. The molecule has 3 heterocycles. The standard InChI is InChI=1S/C13H15N3O2S/c14-6-9-8-3-4-15-7-11(8)19-13(9)16-12(17)10-2-1-5-18-10/h10,15H,1-5,7H2,(H,16,17)/t10-/m1/s1. The van der Waals surface area contributed by atoms with Crippen molar-refractivity contribution in [1.29, 1.82) is 5.26 Å². The van der Waals surface area contributed by atoms with E-state index in [4.69, 9.17) is 4.74 Å². The summed E-state index contributed by atoms with van der Waals surface area (Å²) in [6.45, 7) is 2.32. The van der Waals surface area contributed by atoms with Crippen molar-refractivity contribution in [3.05, 3.63) is 16.0 Å². The van der Waals surface area contributed by atoms with Crippen molar-refractivity contribution in [2.45, 2.75) is 31.9 Å². The molecule has 1 aromatic rings. The number of carbonyl (C=O) groups is 1. The van der Waals surface area contributed by atoms with Crippen LogP contribution >= 0.6 is 11.3 Å². The van der Waals surface area contributed by atoms with Gasteiger partial charge in [-0.15, -0.1) is 11.3 Å². The minimum absolute atomic E-state index is 0.124. The third kappa shape index (κ3) is 2.37. The first kappa shape index (κ1) is 12.6. The predicted molar refractivity (Wildman–Crippen MR) is 72.0 cm³/mol. The lowest BCUT2D eigenvalue weighted by Gasteiger charge is -2.11. The number of thiophene rings is 1. The number of anilines is 1. The maximum absolute atomic E-state index is 12.0. The molecule has 0 spiro atoms. The number of nitrogens with zero attached hydrogens (tertiary/aromatic N) is 1. The Morgan fingerprint density at radius 2 is 2.47 bits per heavy atom. The molecule has 2 aliphatic rings. The summed E-state index contributed by atoms with van der Waals surface area (Å²) in [6, 6.07) is 2.23. The van der Waals surface area contributed by atoms with Crippen LogP contribution < -0.4 is 10.6 Å². The van der Waals surface area contributed by atoms with Crippen molar-refractivity contribution in [1.82, 2.24) is 5.32 Å². The summed E-state index contributed by atoms with van der Waals surface area (Å²) in [5.41, 5.74) is 1.72. The van der Waals surface area contributed by atoms with Crippen molar-refractivity contribution < 1.29 is 9.53 Å². The number of hydrogen-bond acceptors (Lipinski definition) is 5. The average molecular weight is 277 g/mol. The molecule has 0 bridgehead atoms. The summed E-state index contributed by atoms with van der Waals surface area (Å²) in [6.07, 6.45) is 2.18. The Morgan fingerprint density at radius 3 is 3.21 bits per heavy atom. The van der Waals surface area contributed by atoms with Gasteiger partial charge in [0.05, 0.1) is 5.56 Å². The van der Waals surface area contributed by atoms with Gasteiger partial charge in [-0.25, -0.2) is 0 Å². The van der Waals surface area contributed by atoms with Gasteiger partial charge in [-0.05, 0) is 31.4 Å². The highest BCUT2D eigenvalue weighted by atomic mass is 32.1. The number of carbonyl (C=O) groups excluding carboxylic acids is 1. The second-order valence-corrected chi connectivity index (χ2v) is 5.84. The molecule has 1 aromatic heterocycles. The molecule has 1 fully saturated rings. The van der Waals surface area contributed by atoms with Crippen molar-refractivity contribution in [3.8, 4) is 6.07 Å². The Labute approximate surface area is 115 Å². The minimum Gasteiger partial charge on any atom is -0.368 e. The second-order valence-electron chi connectivity index (χ2n) is 4.74. The first-order valence-corrected chi connectivity index (χ1v) is 7.29. The van der Waals surface area contributed by atoms with E-state index in [0.29, 0.717) is 17.2 Å². The highest BCUT2D eigenvalue weighted by molar-refractivity contribution is 7.16. The molecule has 0 aliphatic carbocycles. The summed E-state index contributed by atoms with van der Waals surface area (Å²) < 4.78 is 5.36. The summed E-state index contributed by atoms with van der Waals surface area (Å²) in [5, 5.41) is 16.1. The maximum Gasteiger partial charge on any atom is 0.254 e. The van der Waals surface area contributed by atoms with Gasteiger partial charge in [0.2, 0.25) is 0 Å². The average Bonchev–Trinajstić information content (AvgIpc) is 3.05.